The molecule has 4 heteroatoms. The van der Waals surface area contributed by atoms with Crippen LogP contribution in [0.15, 0.2) is 54.6 Å². The molecule has 2 bridgehead atoms. The number of rotatable bonds is 5. The number of nitrogens with one attached hydrogen (secondary N) is 1. The minimum absolute atomic E-state index is 0.101. The van der Waals surface area contributed by atoms with E-state index >= 15 is 0 Å². The number of hydrogen-bond acceptors (Lipinski definition) is 3. The second-order valence-electron chi connectivity index (χ2n) is 7.78. The minimum Gasteiger partial charge on any atom is -0.496 e. The van der Waals surface area contributed by atoms with Gasteiger partial charge in [0, 0.05) is 43.2 Å². The molecule has 0 aromatic heterocycles. The molecule has 2 aromatic rings. The number of carbonyl (C=O) groups is 1. The number of carbonyl (C=O) groups excluding carboxylic acids is 1. The maximum absolute atomic E-state index is 11.9. The number of quaternary nitrogens is 1. The van der Waals surface area contributed by atoms with Gasteiger partial charge in [-0.3, -0.25) is 4.79 Å². The van der Waals surface area contributed by atoms with Gasteiger partial charge in [0.15, 0.2) is 6.10 Å². The van der Waals surface area contributed by atoms with E-state index in [0.717, 1.165) is 25.1 Å². The van der Waals surface area contributed by atoms with Crippen LogP contribution in [0, 0.1) is 0 Å². The van der Waals surface area contributed by atoms with Crippen LogP contribution in [-0.4, -0.2) is 31.3 Å². The Balaban J connectivity index is 1.65. The average Bonchev–Trinajstić information content (AvgIpc) is 2.97. The molecule has 2 fully saturated rings. The first kappa shape index (κ1) is 18.1. The topological polar surface area (TPSA) is 40.0 Å². The van der Waals surface area contributed by atoms with Crippen LogP contribution in [0.5, 0.6) is 5.75 Å². The van der Waals surface area contributed by atoms with Crippen LogP contribution in [0.25, 0.3) is 0 Å². The Bertz CT molecular complexity index is 791. The van der Waals surface area contributed by atoms with Gasteiger partial charge in [-0.05, 0) is 6.07 Å². The molecule has 142 valence electrons. The summed E-state index contributed by atoms with van der Waals surface area (Å²) in [5, 5.41) is 0. The predicted molar refractivity (Wildman–Crippen MR) is 104 cm³/mol. The number of methoxy groups -OCH3 is 1. The van der Waals surface area contributed by atoms with E-state index in [9.17, 15) is 4.79 Å². The number of para-hydroxylation sites is 1. The summed E-state index contributed by atoms with van der Waals surface area (Å²) in [5.41, 5.74) is 2.52. The maximum atomic E-state index is 11.9. The van der Waals surface area contributed by atoms with Gasteiger partial charge in [-0.1, -0.05) is 48.5 Å². The van der Waals surface area contributed by atoms with Crippen molar-refractivity contribution >= 4 is 5.97 Å². The van der Waals surface area contributed by atoms with E-state index in [0.29, 0.717) is 12.1 Å². The summed E-state index contributed by atoms with van der Waals surface area (Å²) in [4.78, 5) is 13.5. The van der Waals surface area contributed by atoms with Crippen molar-refractivity contribution in [1.82, 2.24) is 0 Å². The molecular weight excluding hydrogens is 338 g/mol. The Morgan fingerprint density at radius 3 is 2.56 bits per heavy atom. The van der Waals surface area contributed by atoms with Gasteiger partial charge >= 0.3 is 5.97 Å². The fourth-order valence-electron chi connectivity index (χ4n) is 5.16. The predicted octanol–water partition coefficient (Wildman–Crippen LogP) is 2.73. The molecule has 0 spiro atoms. The van der Waals surface area contributed by atoms with Gasteiger partial charge in [0.1, 0.15) is 18.3 Å². The van der Waals surface area contributed by atoms with Crippen LogP contribution in [0.1, 0.15) is 43.2 Å². The average molecular weight is 366 g/mol. The second kappa shape index (κ2) is 7.73. The zero-order valence-corrected chi connectivity index (χ0v) is 16.1. The lowest BCUT2D eigenvalue weighted by Crippen LogP contribution is -3.18. The number of hydrogen-bond donors (Lipinski definition) is 1. The molecule has 0 radical (unpaired) electrons. The summed E-state index contributed by atoms with van der Waals surface area (Å²) in [5.74, 6) is 0.900. The number of fused-ring (bicyclic) bond motifs is 2. The molecular formula is C23H28NO3+. The van der Waals surface area contributed by atoms with Crippen LogP contribution in [0.2, 0.25) is 0 Å². The Labute approximate surface area is 161 Å². The van der Waals surface area contributed by atoms with Gasteiger partial charge in [0.05, 0.1) is 13.2 Å². The van der Waals surface area contributed by atoms with Crippen molar-refractivity contribution in [1.29, 1.82) is 0 Å². The van der Waals surface area contributed by atoms with Crippen molar-refractivity contribution in [3.63, 3.8) is 0 Å². The summed E-state index contributed by atoms with van der Waals surface area (Å²) < 4.78 is 11.6. The third kappa shape index (κ3) is 3.59. The summed E-state index contributed by atoms with van der Waals surface area (Å²) >= 11 is 0. The fraction of sp³-hybridized carbons (Fsp3) is 0.435. The molecule has 1 N–H and O–H groups in total. The number of piperidine rings is 1. The molecule has 0 aliphatic carbocycles. The molecule has 2 saturated heterocycles. The quantitative estimate of drug-likeness (QED) is 0.827. The second-order valence-corrected chi connectivity index (χ2v) is 7.78. The van der Waals surface area contributed by atoms with Gasteiger partial charge in [-0.25, -0.2) is 0 Å². The van der Waals surface area contributed by atoms with E-state index < -0.39 is 0 Å². The first-order valence-electron chi connectivity index (χ1n) is 9.87. The fourth-order valence-corrected chi connectivity index (χ4v) is 5.16. The third-order valence-electron chi connectivity index (χ3n) is 6.25. The Hall–Kier alpha value is -2.33. The molecule has 2 heterocycles. The van der Waals surface area contributed by atoms with Crippen molar-refractivity contribution in [2.24, 2.45) is 0 Å². The summed E-state index contributed by atoms with van der Waals surface area (Å²) in [6, 6.07) is 19.7. The highest BCUT2D eigenvalue weighted by Crippen LogP contribution is 2.40. The Morgan fingerprint density at radius 1 is 1.07 bits per heavy atom. The first-order valence-corrected chi connectivity index (χ1v) is 9.87. The van der Waals surface area contributed by atoms with E-state index in [2.05, 4.69) is 36.4 Å². The van der Waals surface area contributed by atoms with Gasteiger partial charge in [0.2, 0.25) is 0 Å². The standard InChI is InChI=1S/C23H27NO3/c1-16(25)27-23-20(19-10-6-7-11-22(19)26-2)14-18-12-13-21(23)24(18)15-17-8-4-3-5-9-17/h3-11,18,20-21,23H,12-15H2,1-2H3/p+1/t18-,20-,21+,23-/m1/s1. The Kier molecular flexibility index (Phi) is 5.17. The highest BCUT2D eigenvalue weighted by atomic mass is 16.5. The molecule has 4 nitrogen and oxygen atoms in total. The lowest BCUT2D eigenvalue weighted by molar-refractivity contribution is -0.958. The van der Waals surface area contributed by atoms with E-state index in [-0.39, 0.29) is 18.0 Å². The van der Waals surface area contributed by atoms with Crippen LogP contribution in [0.4, 0.5) is 0 Å². The van der Waals surface area contributed by atoms with Gasteiger partial charge in [-0.2, -0.15) is 0 Å². The third-order valence-corrected chi connectivity index (χ3v) is 6.25. The lowest BCUT2D eigenvalue weighted by Gasteiger charge is -2.41. The van der Waals surface area contributed by atoms with Crippen LogP contribution < -0.4 is 9.64 Å². The molecule has 1 unspecified atom stereocenters. The molecule has 0 saturated carbocycles. The molecule has 4 rings (SSSR count). The summed E-state index contributed by atoms with van der Waals surface area (Å²) in [6.07, 6.45) is 3.22. The molecule has 27 heavy (non-hydrogen) atoms. The summed E-state index contributed by atoms with van der Waals surface area (Å²) in [7, 11) is 1.71. The normalized spacial score (nSPS) is 29.3. The maximum Gasteiger partial charge on any atom is 0.303 e. The molecule has 2 aliphatic rings. The molecule has 2 aliphatic heterocycles. The SMILES string of the molecule is COc1ccccc1[C@H]1C[C@H]2CC[C@@H]([C@@H]1OC(C)=O)[NH+]2Cc1ccccc1. The monoisotopic (exact) mass is 366 g/mol. The van der Waals surface area contributed by atoms with Crippen LogP contribution in [-0.2, 0) is 16.1 Å². The molecule has 0 amide bonds. The van der Waals surface area contributed by atoms with Gasteiger partial charge in [-0.15, -0.1) is 0 Å². The zero-order chi connectivity index (χ0) is 18.8. The number of esters is 1. The highest BCUT2D eigenvalue weighted by molar-refractivity contribution is 5.66. The van der Waals surface area contributed by atoms with Gasteiger partial charge < -0.3 is 14.4 Å². The van der Waals surface area contributed by atoms with Crippen molar-refractivity contribution in [2.45, 2.75) is 56.8 Å². The van der Waals surface area contributed by atoms with Crippen molar-refractivity contribution < 1.29 is 19.2 Å². The number of benzene rings is 2. The smallest absolute Gasteiger partial charge is 0.303 e. The van der Waals surface area contributed by atoms with Crippen LogP contribution >= 0.6 is 0 Å². The van der Waals surface area contributed by atoms with Gasteiger partial charge in [0.25, 0.3) is 0 Å². The highest BCUT2D eigenvalue weighted by Gasteiger charge is 2.53. The Morgan fingerprint density at radius 2 is 1.81 bits per heavy atom. The van der Waals surface area contributed by atoms with Crippen molar-refractivity contribution in [3.05, 3.63) is 65.7 Å². The minimum atomic E-state index is -0.190. The zero-order valence-electron chi connectivity index (χ0n) is 16.1. The summed E-state index contributed by atoms with van der Waals surface area (Å²) in [6.45, 7) is 2.52. The van der Waals surface area contributed by atoms with E-state index in [1.165, 1.54) is 24.5 Å². The van der Waals surface area contributed by atoms with Crippen molar-refractivity contribution in [2.75, 3.05) is 7.11 Å². The first-order chi connectivity index (χ1) is 13.2. The molecule has 5 atom stereocenters. The largest absolute Gasteiger partial charge is 0.496 e. The van der Waals surface area contributed by atoms with E-state index in [4.69, 9.17) is 9.47 Å². The van der Waals surface area contributed by atoms with E-state index in [1.807, 2.05) is 18.2 Å². The number of ether oxygens (including phenoxy) is 2. The molecule has 2 aromatic carbocycles. The lowest BCUT2D eigenvalue weighted by atomic mass is 9.81. The van der Waals surface area contributed by atoms with Crippen molar-refractivity contribution in [3.8, 4) is 5.75 Å². The van der Waals surface area contributed by atoms with Crippen LogP contribution in [0.3, 0.4) is 0 Å². The van der Waals surface area contributed by atoms with E-state index in [1.54, 1.807) is 12.0 Å².